The van der Waals surface area contributed by atoms with Crippen LogP contribution in [0.25, 0.3) is 0 Å². The Morgan fingerprint density at radius 1 is 1.42 bits per heavy atom. The number of carboxylic acid groups (broad SMARTS) is 1. The molecule has 0 unspecified atom stereocenters. The minimum atomic E-state index is -0.962. The molecular weight excluding hydrogens is 244 g/mol. The van der Waals surface area contributed by atoms with E-state index >= 15 is 0 Å². The first-order valence-corrected chi connectivity index (χ1v) is 5.96. The van der Waals surface area contributed by atoms with Crippen molar-refractivity contribution in [1.29, 1.82) is 0 Å². The van der Waals surface area contributed by atoms with E-state index in [1.165, 1.54) is 6.20 Å². The second-order valence-corrected chi connectivity index (χ2v) is 4.30. The van der Waals surface area contributed by atoms with Gasteiger partial charge in [0, 0.05) is 38.7 Å². The zero-order chi connectivity index (χ0) is 13.8. The van der Waals surface area contributed by atoms with Gasteiger partial charge in [-0.2, -0.15) is 0 Å². The Labute approximate surface area is 111 Å². The van der Waals surface area contributed by atoms with Gasteiger partial charge in [-0.05, 0) is 19.1 Å². The van der Waals surface area contributed by atoms with Crippen molar-refractivity contribution >= 4 is 11.8 Å². The Morgan fingerprint density at radius 2 is 2.21 bits per heavy atom. The van der Waals surface area contributed by atoms with Gasteiger partial charge in [-0.15, -0.1) is 0 Å². The summed E-state index contributed by atoms with van der Waals surface area (Å²) in [4.78, 5) is 21.0. The van der Waals surface area contributed by atoms with E-state index in [2.05, 4.69) is 14.5 Å². The standard InChI is InChI=1S/C13H16N4O2/c1-10-14-5-6-17(10)8-7-16(2)12-4-3-11(9-15-12)13(18)19/h3-6,9H,7-8H2,1-2H3,(H,18,19). The van der Waals surface area contributed by atoms with Crippen LogP contribution in [0, 0.1) is 6.92 Å². The molecule has 6 nitrogen and oxygen atoms in total. The van der Waals surface area contributed by atoms with E-state index in [0.717, 1.165) is 24.7 Å². The minimum absolute atomic E-state index is 0.197. The highest BCUT2D eigenvalue weighted by Crippen LogP contribution is 2.10. The first kappa shape index (κ1) is 13.1. The lowest BCUT2D eigenvalue weighted by Gasteiger charge is -2.18. The molecule has 6 heteroatoms. The molecule has 0 bridgehead atoms. The van der Waals surface area contributed by atoms with Gasteiger partial charge in [0.2, 0.25) is 0 Å². The average Bonchev–Trinajstić information content (AvgIpc) is 2.81. The lowest BCUT2D eigenvalue weighted by molar-refractivity contribution is 0.0696. The number of rotatable bonds is 5. The number of hydrogen-bond acceptors (Lipinski definition) is 4. The summed E-state index contributed by atoms with van der Waals surface area (Å²) >= 11 is 0. The van der Waals surface area contributed by atoms with Gasteiger partial charge in [0.25, 0.3) is 0 Å². The monoisotopic (exact) mass is 260 g/mol. The highest BCUT2D eigenvalue weighted by atomic mass is 16.4. The minimum Gasteiger partial charge on any atom is -0.478 e. The van der Waals surface area contributed by atoms with Crippen molar-refractivity contribution < 1.29 is 9.90 Å². The molecule has 0 aromatic carbocycles. The Morgan fingerprint density at radius 3 is 2.74 bits per heavy atom. The molecule has 100 valence electrons. The van der Waals surface area contributed by atoms with Gasteiger partial charge >= 0.3 is 5.97 Å². The van der Waals surface area contributed by atoms with Crippen molar-refractivity contribution in [1.82, 2.24) is 14.5 Å². The zero-order valence-corrected chi connectivity index (χ0v) is 10.9. The normalized spacial score (nSPS) is 10.4. The maximum atomic E-state index is 10.7. The number of imidazole rings is 1. The van der Waals surface area contributed by atoms with E-state index in [1.54, 1.807) is 18.3 Å². The first-order valence-electron chi connectivity index (χ1n) is 5.96. The largest absolute Gasteiger partial charge is 0.478 e. The molecule has 0 spiro atoms. The molecule has 0 atom stereocenters. The predicted molar refractivity (Wildman–Crippen MR) is 71.4 cm³/mol. The number of aryl methyl sites for hydroxylation is 1. The summed E-state index contributed by atoms with van der Waals surface area (Å²) in [6, 6.07) is 3.27. The van der Waals surface area contributed by atoms with Crippen LogP contribution in [-0.2, 0) is 6.54 Å². The van der Waals surface area contributed by atoms with Crippen molar-refractivity contribution in [2.45, 2.75) is 13.5 Å². The van der Waals surface area contributed by atoms with E-state index < -0.39 is 5.97 Å². The maximum Gasteiger partial charge on any atom is 0.337 e. The van der Waals surface area contributed by atoms with Crippen LogP contribution in [0.15, 0.2) is 30.7 Å². The van der Waals surface area contributed by atoms with Crippen molar-refractivity contribution in [3.63, 3.8) is 0 Å². The van der Waals surface area contributed by atoms with Gasteiger partial charge < -0.3 is 14.6 Å². The number of carboxylic acids is 1. The van der Waals surface area contributed by atoms with Crippen LogP contribution in [-0.4, -0.2) is 39.2 Å². The summed E-state index contributed by atoms with van der Waals surface area (Å²) in [5, 5.41) is 8.81. The molecule has 2 heterocycles. The predicted octanol–water partition coefficient (Wildman–Crippen LogP) is 1.42. The van der Waals surface area contributed by atoms with Crippen LogP contribution in [0.4, 0.5) is 5.82 Å². The Bertz CT molecular complexity index is 562. The molecule has 0 saturated carbocycles. The highest BCUT2D eigenvalue weighted by molar-refractivity contribution is 5.87. The maximum absolute atomic E-state index is 10.7. The number of pyridine rings is 1. The van der Waals surface area contributed by atoms with Gasteiger partial charge in [-0.3, -0.25) is 0 Å². The van der Waals surface area contributed by atoms with Crippen molar-refractivity contribution in [2.24, 2.45) is 0 Å². The van der Waals surface area contributed by atoms with Gasteiger partial charge in [0.15, 0.2) is 0 Å². The molecule has 0 aliphatic heterocycles. The molecule has 2 aromatic rings. The van der Waals surface area contributed by atoms with E-state index in [4.69, 9.17) is 5.11 Å². The lowest BCUT2D eigenvalue weighted by Crippen LogP contribution is -2.23. The molecule has 0 aliphatic rings. The zero-order valence-electron chi connectivity index (χ0n) is 10.9. The molecule has 0 fully saturated rings. The molecule has 2 rings (SSSR count). The lowest BCUT2D eigenvalue weighted by atomic mass is 10.3. The number of likely N-dealkylation sites (N-methyl/N-ethyl adjacent to an activating group) is 1. The van der Waals surface area contributed by atoms with Gasteiger partial charge in [-0.25, -0.2) is 14.8 Å². The quantitative estimate of drug-likeness (QED) is 0.880. The molecule has 1 N–H and O–H groups in total. The van der Waals surface area contributed by atoms with Gasteiger partial charge in [0.05, 0.1) is 5.56 Å². The van der Waals surface area contributed by atoms with Crippen LogP contribution in [0.5, 0.6) is 0 Å². The van der Waals surface area contributed by atoms with Gasteiger partial charge in [-0.1, -0.05) is 0 Å². The summed E-state index contributed by atoms with van der Waals surface area (Å²) in [5.74, 6) is 0.765. The second kappa shape index (κ2) is 5.51. The second-order valence-electron chi connectivity index (χ2n) is 4.30. The topological polar surface area (TPSA) is 71.2 Å². The van der Waals surface area contributed by atoms with Crippen LogP contribution in [0.2, 0.25) is 0 Å². The molecule has 0 amide bonds. The van der Waals surface area contributed by atoms with Crippen LogP contribution >= 0.6 is 0 Å². The smallest absolute Gasteiger partial charge is 0.337 e. The third-order valence-corrected chi connectivity index (χ3v) is 2.99. The summed E-state index contributed by atoms with van der Waals surface area (Å²) in [6.07, 6.45) is 5.08. The summed E-state index contributed by atoms with van der Waals surface area (Å²) in [6.45, 7) is 3.54. The molecule has 2 aromatic heterocycles. The molecule has 19 heavy (non-hydrogen) atoms. The SMILES string of the molecule is Cc1nccn1CCN(C)c1ccc(C(=O)O)cn1. The van der Waals surface area contributed by atoms with Crippen molar-refractivity contribution in [3.05, 3.63) is 42.1 Å². The van der Waals surface area contributed by atoms with Crippen molar-refractivity contribution in [2.75, 3.05) is 18.5 Å². The third kappa shape index (κ3) is 3.09. The fraction of sp³-hybridized carbons (Fsp3) is 0.308. The number of carbonyl (C=O) groups is 1. The number of nitrogens with zero attached hydrogens (tertiary/aromatic N) is 4. The summed E-state index contributed by atoms with van der Waals surface area (Å²) in [5.41, 5.74) is 0.197. The van der Waals surface area contributed by atoms with E-state index in [9.17, 15) is 4.79 Å². The highest BCUT2D eigenvalue weighted by Gasteiger charge is 2.06. The van der Waals surface area contributed by atoms with E-state index in [-0.39, 0.29) is 5.56 Å². The number of aromatic carboxylic acids is 1. The first-order chi connectivity index (χ1) is 9.08. The van der Waals surface area contributed by atoms with Crippen LogP contribution in [0.1, 0.15) is 16.2 Å². The van der Waals surface area contributed by atoms with Gasteiger partial charge in [0.1, 0.15) is 11.6 Å². The fourth-order valence-corrected chi connectivity index (χ4v) is 1.75. The Hall–Kier alpha value is -2.37. The molecule has 0 aliphatic carbocycles. The third-order valence-electron chi connectivity index (χ3n) is 2.99. The fourth-order valence-electron chi connectivity index (χ4n) is 1.75. The molecule has 0 radical (unpaired) electrons. The van der Waals surface area contributed by atoms with Crippen LogP contribution < -0.4 is 4.90 Å². The van der Waals surface area contributed by atoms with E-state index in [0.29, 0.717) is 0 Å². The summed E-state index contributed by atoms with van der Waals surface area (Å²) in [7, 11) is 1.93. The Kier molecular flexibility index (Phi) is 3.79. The van der Waals surface area contributed by atoms with Crippen LogP contribution in [0.3, 0.4) is 0 Å². The van der Waals surface area contributed by atoms with E-state index in [1.807, 2.05) is 25.1 Å². The Balaban J connectivity index is 1.98. The number of anilines is 1. The number of aromatic nitrogens is 3. The number of hydrogen-bond donors (Lipinski definition) is 1. The average molecular weight is 260 g/mol. The summed E-state index contributed by atoms with van der Waals surface area (Å²) < 4.78 is 2.06. The molecule has 0 saturated heterocycles. The molecular formula is C13H16N4O2. The van der Waals surface area contributed by atoms with Crippen molar-refractivity contribution in [3.8, 4) is 0 Å².